The second-order valence-electron chi connectivity index (χ2n) is 7.23. The number of hydrogen-bond acceptors (Lipinski definition) is 1. The Morgan fingerprint density at radius 2 is 1.22 bits per heavy atom. The van der Waals surface area contributed by atoms with Crippen molar-refractivity contribution in [2.24, 2.45) is 0 Å². The largest absolute Gasteiger partial charge is 0.455 e. The van der Waals surface area contributed by atoms with Crippen molar-refractivity contribution in [3.05, 3.63) is 96.1 Å². The molecule has 0 unspecified atom stereocenters. The van der Waals surface area contributed by atoms with Gasteiger partial charge in [0.2, 0.25) is 0 Å². The Kier molecular flexibility index (Phi) is 3.61. The molecule has 1 heteroatoms. The second kappa shape index (κ2) is 6.14. The summed E-state index contributed by atoms with van der Waals surface area (Å²) < 4.78 is 6.29. The average Bonchev–Trinajstić information content (AvgIpc) is 3.06. The van der Waals surface area contributed by atoms with Gasteiger partial charge >= 0.3 is 0 Å². The molecular weight excluding hydrogens is 328 g/mol. The summed E-state index contributed by atoms with van der Waals surface area (Å²) in [5.41, 5.74) is 9.20. The summed E-state index contributed by atoms with van der Waals surface area (Å²) in [5.74, 6) is 0. The van der Waals surface area contributed by atoms with E-state index in [9.17, 15) is 0 Å². The Labute approximate surface area is 158 Å². The van der Waals surface area contributed by atoms with Crippen LogP contribution in [0.15, 0.2) is 89.3 Å². The highest BCUT2D eigenvalue weighted by molar-refractivity contribution is 6.10. The van der Waals surface area contributed by atoms with E-state index >= 15 is 0 Å². The number of benzene rings is 4. The smallest absolute Gasteiger partial charge is 0.143 e. The van der Waals surface area contributed by atoms with Crippen LogP contribution in [0.3, 0.4) is 0 Å². The summed E-state index contributed by atoms with van der Waals surface area (Å²) in [6.07, 6.45) is 0. The molecule has 0 spiro atoms. The van der Waals surface area contributed by atoms with Crippen LogP contribution in [-0.2, 0) is 0 Å². The van der Waals surface area contributed by atoms with E-state index in [-0.39, 0.29) is 0 Å². The molecule has 5 rings (SSSR count). The van der Waals surface area contributed by atoms with E-state index in [0.717, 1.165) is 16.7 Å². The predicted molar refractivity (Wildman–Crippen MR) is 114 cm³/mol. The molecule has 0 atom stereocenters. The van der Waals surface area contributed by atoms with Crippen molar-refractivity contribution in [2.45, 2.75) is 13.8 Å². The minimum Gasteiger partial charge on any atom is -0.455 e. The Morgan fingerprint density at radius 3 is 2.00 bits per heavy atom. The number of aryl methyl sites for hydroxylation is 2. The van der Waals surface area contributed by atoms with Gasteiger partial charge in [-0.25, -0.2) is 0 Å². The highest BCUT2D eigenvalue weighted by Crippen LogP contribution is 2.37. The van der Waals surface area contributed by atoms with Crippen LogP contribution in [0, 0.1) is 13.8 Å². The van der Waals surface area contributed by atoms with Crippen LogP contribution < -0.4 is 0 Å². The number of hydrogen-bond donors (Lipinski definition) is 0. The van der Waals surface area contributed by atoms with E-state index < -0.39 is 0 Å². The fourth-order valence-electron chi connectivity index (χ4n) is 3.84. The molecule has 1 aromatic heterocycles. The summed E-state index contributed by atoms with van der Waals surface area (Å²) in [4.78, 5) is 0. The van der Waals surface area contributed by atoms with Crippen LogP contribution in [0.1, 0.15) is 11.1 Å². The fourth-order valence-corrected chi connectivity index (χ4v) is 3.84. The number of furan rings is 1. The Morgan fingerprint density at radius 1 is 0.556 bits per heavy atom. The summed E-state index contributed by atoms with van der Waals surface area (Å²) >= 11 is 0. The van der Waals surface area contributed by atoms with Crippen molar-refractivity contribution >= 4 is 21.9 Å². The molecule has 0 N–H and O–H groups in total. The lowest BCUT2D eigenvalue weighted by Gasteiger charge is -2.04. The average molecular weight is 348 g/mol. The normalized spacial score (nSPS) is 11.3. The standard InChI is InChI=1S/C26H20O/c1-17-6-3-8-19(14-17)20-12-13-25-24(16-20)23-11-5-10-22(26(23)27-25)21-9-4-7-18(2)15-21/h3-16H,1-2H3. The maximum absolute atomic E-state index is 6.29. The SMILES string of the molecule is Cc1cccc(-c2ccc3oc4c(-c5cccc(C)c5)cccc4c3c2)c1. The van der Waals surface area contributed by atoms with Crippen molar-refractivity contribution in [3.8, 4) is 22.3 Å². The van der Waals surface area contributed by atoms with Gasteiger partial charge < -0.3 is 4.42 Å². The molecule has 1 nitrogen and oxygen atoms in total. The van der Waals surface area contributed by atoms with E-state index in [4.69, 9.17) is 4.42 Å². The monoisotopic (exact) mass is 348 g/mol. The molecule has 1 heterocycles. The van der Waals surface area contributed by atoms with Gasteiger partial charge in [-0.3, -0.25) is 0 Å². The van der Waals surface area contributed by atoms with E-state index in [2.05, 4.69) is 98.8 Å². The molecular formula is C26H20O. The lowest BCUT2D eigenvalue weighted by Crippen LogP contribution is -1.80. The van der Waals surface area contributed by atoms with E-state index in [1.54, 1.807) is 0 Å². The first-order valence-corrected chi connectivity index (χ1v) is 9.28. The molecule has 0 saturated carbocycles. The Hall–Kier alpha value is -3.32. The predicted octanol–water partition coefficient (Wildman–Crippen LogP) is 7.54. The van der Waals surface area contributed by atoms with Crippen molar-refractivity contribution in [3.63, 3.8) is 0 Å². The lowest BCUT2D eigenvalue weighted by atomic mass is 9.99. The Balaban J connectivity index is 1.75. The first-order valence-electron chi connectivity index (χ1n) is 9.28. The zero-order valence-electron chi connectivity index (χ0n) is 15.5. The second-order valence-corrected chi connectivity index (χ2v) is 7.23. The minimum atomic E-state index is 0.932. The van der Waals surface area contributed by atoms with Gasteiger partial charge in [0, 0.05) is 16.3 Å². The van der Waals surface area contributed by atoms with E-state index in [0.29, 0.717) is 0 Å². The molecule has 0 saturated heterocycles. The Bertz CT molecular complexity index is 1290. The first kappa shape index (κ1) is 15.9. The van der Waals surface area contributed by atoms with E-state index in [1.807, 2.05) is 0 Å². The molecule has 0 aliphatic rings. The van der Waals surface area contributed by atoms with Gasteiger partial charge in [-0.05, 0) is 42.7 Å². The molecule has 0 aliphatic heterocycles. The molecule has 130 valence electrons. The number of para-hydroxylation sites is 1. The molecule has 0 aliphatic carbocycles. The third-order valence-electron chi connectivity index (χ3n) is 5.18. The third-order valence-corrected chi connectivity index (χ3v) is 5.18. The van der Waals surface area contributed by atoms with Gasteiger partial charge in [-0.15, -0.1) is 0 Å². The summed E-state index contributed by atoms with van der Waals surface area (Å²) in [6, 6.07) is 30.1. The van der Waals surface area contributed by atoms with Crippen molar-refractivity contribution < 1.29 is 4.42 Å². The summed E-state index contributed by atoms with van der Waals surface area (Å²) in [6.45, 7) is 4.25. The van der Waals surface area contributed by atoms with Crippen molar-refractivity contribution in [1.29, 1.82) is 0 Å². The van der Waals surface area contributed by atoms with Gasteiger partial charge in [0.25, 0.3) is 0 Å². The van der Waals surface area contributed by atoms with E-state index in [1.165, 1.54) is 38.6 Å². The van der Waals surface area contributed by atoms with Gasteiger partial charge in [0.1, 0.15) is 11.2 Å². The molecule has 0 bridgehead atoms. The topological polar surface area (TPSA) is 13.1 Å². The highest BCUT2D eigenvalue weighted by atomic mass is 16.3. The number of rotatable bonds is 2. The zero-order valence-corrected chi connectivity index (χ0v) is 15.5. The van der Waals surface area contributed by atoms with Crippen LogP contribution in [0.5, 0.6) is 0 Å². The third kappa shape index (κ3) is 2.72. The molecule has 0 fully saturated rings. The summed E-state index contributed by atoms with van der Waals surface area (Å²) in [5, 5.41) is 2.33. The van der Waals surface area contributed by atoms with Gasteiger partial charge in [-0.1, -0.05) is 83.9 Å². The van der Waals surface area contributed by atoms with Crippen LogP contribution in [-0.4, -0.2) is 0 Å². The molecule has 27 heavy (non-hydrogen) atoms. The zero-order chi connectivity index (χ0) is 18.4. The fraction of sp³-hybridized carbons (Fsp3) is 0.0769. The maximum atomic E-state index is 6.29. The minimum absolute atomic E-state index is 0.932. The van der Waals surface area contributed by atoms with Crippen LogP contribution >= 0.6 is 0 Å². The van der Waals surface area contributed by atoms with Gasteiger partial charge in [-0.2, -0.15) is 0 Å². The molecule has 0 amide bonds. The lowest BCUT2D eigenvalue weighted by molar-refractivity contribution is 0.670. The van der Waals surface area contributed by atoms with Crippen LogP contribution in [0.2, 0.25) is 0 Å². The molecule has 0 radical (unpaired) electrons. The molecule has 4 aromatic carbocycles. The van der Waals surface area contributed by atoms with Crippen molar-refractivity contribution in [1.82, 2.24) is 0 Å². The maximum Gasteiger partial charge on any atom is 0.143 e. The first-order chi connectivity index (χ1) is 13.2. The molecule has 5 aromatic rings. The van der Waals surface area contributed by atoms with Gasteiger partial charge in [0.05, 0.1) is 0 Å². The van der Waals surface area contributed by atoms with Crippen LogP contribution in [0.4, 0.5) is 0 Å². The van der Waals surface area contributed by atoms with Crippen LogP contribution in [0.25, 0.3) is 44.2 Å². The van der Waals surface area contributed by atoms with Gasteiger partial charge in [0.15, 0.2) is 0 Å². The summed E-state index contributed by atoms with van der Waals surface area (Å²) in [7, 11) is 0. The quantitative estimate of drug-likeness (QED) is 0.321. The highest BCUT2D eigenvalue weighted by Gasteiger charge is 2.13. The number of fused-ring (bicyclic) bond motifs is 3. The van der Waals surface area contributed by atoms with Crippen molar-refractivity contribution in [2.75, 3.05) is 0 Å².